The van der Waals surface area contributed by atoms with Crippen LogP contribution in [0.5, 0.6) is 0 Å². The molecular weight excluding hydrogens is 697 g/mol. The van der Waals surface area contributed by atoms with E-state index in [4.69, 9.17) is 4.74 Å². The first-order valence-corrected chi connectivity index (χ1v) is 19.9. The van der Waals surface area contributed by atoms with Gasteiger partial charge in [-0.2, -0.15) is 0 Å². The molecule has 2 aromatic rings. The number of aliphatic hydroxyl groups is 1. The molecule has 53 heavy (non-hydrogen) atoms. The molecule has 14 heteroatoms. The Hall–Kier alpha value is -3.88. The van der Waals surface area contributed by atoms with E-state index in [-0.39, 0.29) is 67.4 Å². The molecule has 1 aliphatic rings. The highest BCUT2D eigenvalue weighted by molar-refractivity contribution is 7.09. The summed E-state index contributed by atoms with van der Waals surface area (Å²) in [5, 5.41) is 19.7. The number of piperidine rings is 1. The molecule has 0 aliphatic carbocycles. The number of likely N-dealkylation sites (tertiary alicyclic amines) is 1. The van der Waals surface area contributed by atoms with Gasteiger partial charge in [-0.3, -0.25) is 28.9 Å². The number of aromatic nitrogens is 1. The number of aliphatic hydroxyl groups excluding tert-OH is 1. The minimum absolute atomic E-state index is 0.0435. The van der Waals surface area contributed by atoms with Crippen molar-refractivity contribution in [1.29, 1.82) is 0 Å². The van der Waals surface area contributed by atoms with Crippen molar-refractivity contribution in [3.05, 3.63) is 52.0 Å². The van der Waals surface area contributed by atoms with Gasteiger partial charge in [0.05, 0.1) is 12.6 Å². The molecule has 0 saturated carbocycles. The van der Waals surface area contributed by atoms with Crippen LogP contribution in [0.15, 0.2) is 35.7 Å². The molecule has 0 spiro atoms. The van der Waals surface area contributed by atoms with Crippen LogP contribution in [0.25, 0.3) is 0 Å². The van der Waals surface area contributed by atoms with Crippen LogP contribution < -0.4 is 16.0 Å². The SMILES string of the molecule is CCCN(C(=O)C(NC(=O)C1CCCCN1C)[C@@H](C)CC)[C@H](C[C@@H](OC(C)=O)c1nc(C(=O)N[C@@H](Cc2ccccc2)C(=O)NCCO)cs1)C(C)C. The maximum atomic E-state index is 14.5. The molecular formula is C39H60N6O7S. The first-order chi connectivity index (χ1) is 25.3. The van der Waals surface area contributed by atoms with Crippen molar-refractivity contribution in [3.8, 4) is 0 Å². The van der Waals surface area contributed by atoms with Crippen LogP contribution in [0, 0.1) is 11.8 Å². The Morgan fingerprint density at radius 2 is 1.79 bits per heavy atom. The first kappa shape index (κ1) is 43.5. The molecule has 2 heterocycles. The Balaban J connectivity index is 1.87. The smallest absolute Gasteiger partial charge is 0.303 e. The molecule has 294 valence electrons. The minimum atomic E-state index is -0.928. The number of hydrogen-bond acceptors (Lipinski definition) is 10. The van der Waals surface area contributed by atoms with E-state index in [9.17, 15) is 29.1 Å². The van der Waals surface area contributed by atoms with Crippen molar-refractivity contribution in [2.24, 2.45) is 11.8 Å². The summed E-state index contributed by atoms with van der Waals surface area (Å²) in [6.45, 7) is 12.4. The average molecular weight is 757 g/mol. The molecule has 3 rings (SSSR count). The maximum absolute atomic E-state index is 14.5. The number of hydrogen-bond donors (Lipinski definition) is 4. The van der Waals surface area contributed by atoms with E-state index in [1.165, 1.54) is 6.92 Å². The number of esters is 1. The molecule has 13 nitrogen and oxygen atoms in total. The van der Waals surface area contributed by atoms with Gasteiger partial charge in [-0.15, -0.1) is 11.3 Å². The van der Waals surface area contributed by atoms with Crippen LogP contribution in [-0.2, 0) is 30.3 Å². The zero-order valence-electron chi connectivity index (χ0n) is 32.4. The van der Waals surface area contributed by atoms with E-state index in [1.807, 2.05) is 76.9 Å². The van der Waals surface area contributed by atoms with Gasteiger partial charge in [0.25, 0.3) is 5.91 Å². The van der Waals surface area contributed by atoms with Crippen molar-refractivity contribution in [2.75, 3.05) is 33.3 Å². The topological polar surface area (TPSA) is 170 Å². The average Bonchev–Trinajstić information content (AvgIpc) is 3.64. The first-order valence-electron chi connectivity index (χ1n) is 19.0. The summed E-state index contributed by atoms with van der Waals surface area (Å²) in [5.41, 5.74) is 0.901. The van der Waals surface area contributed by atoms with Crippen molar-refractivity contribution in [1.82, 2.24) is 30.7 Å². The molecule has 2 unspecified atom stereocenters. The summed E-state index contributed by atoms with van der Waals surface area (Å²) >= 11 is 1.16. The number of carbonyl (C=O) groups is 5. The largest absolute Gasteiger partial charge is 0.455 e. The number of thiazole rings is 1. The molecule has 1 fully saturated rings. The van der Waals surface area contributed by atoms with Crippen LogP contribution in [0.1, 0.15) is 107 Å². The quantitative estimate of drug-likeness (QED) is 0.147. The fraction of sp³-hybridized carbons (Fsp3) is 0.641. The third-order valence-corrected chi connectivity index (χ3v) is 10.8. The highest BCUT2D eigenvalue weighted by Crippen LogP contribution is 2.32. The predicted octanol–water partition coefficient (Wildman–Crippen LogP) is 3.87. The molecule has 0 bridgehead atoms. The van der Waals surface area contributed by atoms with Crippen LogP contribution in [-0.4, -0.2) is 107 Å². The summed E-state index contributed by atoms with van der Waals surface area (Å²) in [6.07, 6.45) is 3.72. The van der Waals surface area contributed by atoms with Crippen molar-refractivity contribution < 1.29 is 33.8 Å². The van der Waals surface area contributed by atoms with Crippen LogP contribution in [0.2, 0.25) is 0 Å². The van der Waals surface area contributed by atoms with E-state index < -0.39 is 36.0 Å². The zero-order chi connectivity index (χ0) is 39.1. The number of benzene rings is 1. The van der Waals surface area contributed by atoms with Crippen LogP contribution in [0.4, 0.5) is 0 Å². The number of carbonyl (C=O) groups excluding carboxylic acids is 5. The summed E-state index contributed by atoms with van der Waals surface area (Å²) in [6, 6.07) is 6.94. The Morgan fingerprint density at radius 1 is 1.08 bits per heavy atom. The van der Waals surface area contributed by atoms with E-state index >= 15 is 0 Å². The third kappa shape index (κ3) is 12.9. The Labute approximate surface area is 318 Å². The lowest BCUT2D eigenvalue weighted by Crippen LogP contribution is -2.58. The molecule has 4 amide bonds. The molecule has 1 aliphatic heterocycles. The maximum Gasteiger partial charge on any atom is 0.303 e. The number of rotatable bonds is 20. The van der Waals surface area contributed by atoms with Crippen molar-refractivity contribution in [2.45, 2.75) is 117 Å². The number of nitrogens with one attached hydrogen (secondary N) is 3. The second-order valence-corrected chi connectivity index (χ2v) is 15.2. The fourth-order valence-corrected chi connectivity index (χ4v) is 7.55. The summed E-state index contributed by atoms with van der Waals surface area (Å²) < 4.78 is 5.82. The Bertz CT molecular complexity index is 1490. The Kier molecular flexibility index (Phi) is 17.8. The number of nitrogens with zero attached hydrogens (tertiary/aromatic N) is 3. The number of amides is 4. The van der Waals surface area contributed by atoms with E-state index in [0.29, 0.717) is 24.4 Å². The lowest BCUT2D eigenvalue weighted by Gasteiger charge is -2.40. The van der Waals surface area contributed by atoms with Gasteiger partial charge in [0.15, 0.2) is 6.10 Å². The second kappa shape index (κ2) is 21.7. The molecule has 1 aromatic carbocycles. The normalized spacial score (nSPS) is 17.6. The molecule has 4 N–H and O–H groups in total. The van der Waals surface area contributed by atoms with Gasteiger partial charge in [-0.25, -0.2) is 4.98 Å². The van der Waals surface area contributed by atoms with E-state index in [1.54, 1.807) is 5.38 Å². The molecule has 1 aromatic heterocycles. The van der Waals surface area contributed by atoms with Gasteiger partial charge >= 0.3 is 5.97 Å². The lowest BCUT2D eigenvalue weighted by molar-refractivity contribution is -0.149. The van der Waals surface area contributed by atoms with Gasteiger partial charge in [0.1, 0.15) is 22.8 Å². The predicted molar refractivity (Wildman–Crippen MR) is 205 cm³/mol. The number of likely N-dealkylation sites (N-methyl/N-ethyl adjacent to an activating group) is 1. The molecule has 1 saturated heterocycles. The molecule has 0 radical (unpaired) electrons. The molecule has 6 atom stereocenters. The minimum Gasteiger partial charge on any atom is -0.455 e. The second-order valence-electron chi connectivity index (χ2n) is 14.3. The Morgan fingerprint density at radius 3 is 2.40 bits per heavy atom. The standard InChI is InChI=1S/C39H60N6O7S/c1-8-19-45(39(51)34(26(5)9-2)43-37(50)31-17-13-14-20-44(31)7)32(25(3)4)23-33(52-27(6)47)38-42-30(24-53-38)36(49)41-29(35(48)40-18-21-46)22-28-15-11-10-12-16-28/h10-12,15-16,24-26,29,31-34,46H,8-9,13-14,17-23H2,1-7H3,(H,40,48)(H,41,49)(H,43,50)/t26-,29-,31?,32+,33+,34?/m0/s1. The van der Waals surface area contributed by atoms with Gasteiger partial charge < -0.3 is 30.7 Å². The van der Waals surface area contributed by atoms with Gasteiger partial charge in [0, 0.05) is 44.3 Å². The highest BCUT2D eigenvalue weighted by atomic mass is 32.1. The summed E-state index contributed by atoms with van der Waals surface area (Å²) in [5.74, 6) is -2.02. The highest BCUT2D eigenvalue weighted by Gasteiger charge is 2.38. The number of ether oxygens (including phenoxy) is 1. The van der Waals surface area contributed by atoms with E-state index in [2.05, 4.69) is 25.8 Å². The van der Waals surface area contributed by atoms with Gasteiger partial charge in [0.2, 0.25) is 17.7 Å². The summed E-state index contributed by atoms with van der Waals surface area (Å²) in [4.78, 5) is 75.5. The van der Waals surface area contributed by atoms with Crippen molar-refractivity contribution >= 4 is 40.9 Å². The lowest BCUT2D eigenvalue weighted by atomic mass is 9.92. The monoisotopic (exact) mass is 756 g/mol. The van der Waals surface area contributed by atoms with Crippen LogP contribution >= 0.6 is 11.3 Å². The summed E-state index contributed by atoms with van der Waals surface area (Å²) in [7, 11) is 1.95. The van der Waals surface area contributed by atoms with Crippen LogP contribution in [0.3, 0.4) is 0 Å². The van der Waals surface area contributed by atoms with Gasteiger partial charge in [-0.05, 0) is 50.3 Å². The van der Waals surface area contributed by atoms with E-state index in [0.717, 1.165) is 42.7 Å². The van der Waals surface area contributed by atoms with Crippen molar-refractivity contribution in [3.63, 3.8) is 0 Å². The van der Waals surface area contributed by atoms with Gasteiger partial charge in [-0.1, -0.05) is 77.8 Å². The third-order valence-electron chi connectivity index (χ3n) is 9.88. The zero-order valence-corrected chi connectivity index (χ0v) is 33.2. The fourth-order valence-electron chi connectivity index (χ4n) is 6.71.